The zero-order chi connectivity index (χ0) is 37.0. The van der Waals surface area contributed by atoms with Crippen molar-refractivity contribution in [2.24, 2.45) is 0 Å². The largest absolute Gasteiger partial charge is 0.310 e. The van der Waals surface area contributed by atoms with Crippen LogP contribution in [0.1, 0.15) is 0 Å². The van der Waals surface area contributed by atoms with E-state index < -0.39 is 0 Å². The SMILES string of the molecule is c1ccc(-c2ccc(N(c3ccc(-c4cccc5ccccc45)cc3)c3cccc(-c4cccc(-n5c6cccc7ccc8cccc5c8c76)c4)c3)cc2)cc1. The molecule has 0 aliphatic carbocycles. The molecule has 0 radical (unpaired) electrons. The maximum Gasteiger partial charge on any atom is 0.0547 e. The van der Waals surface area contributed by atoms with E-state index in [1.54, 1.807) is 0 Å². The van der Waals surface area contributed by atoms with Gasteiger partial charge in [0.15, 0.2) is 0 Å². The van der Waals surface area contributed by atoms with Crippen LogP contribution in [0, 0.1) is 0 Å². The number of anilines is 3. The van der Waals surface area contributed by atoms with E-state index in [4.69, 9.17) is 0 Å². The van der Waals surface area contributed by atoms with Gasteiger partial charge in [-0.25, -0.2) is 0 Å². The third-order valence-electron chi connectivity index (χ3n) is 11.3. The summed E-state index contributed by atoms with van der Waals surface area (Å²) in [6, 6.07) is 79.4. The van der Waals surface area contributed by atoms with Crippen LogP contribution in [0.3, 0.4) is 0 Å². The molecule has 0 N–H and O–H groups in total. The van der Waals surface area contributed by atoms with E-state index >= 15 is 0 Å². The second-order valence-corrected chi connectivity index (χ2v) is 14.6. The van der Waals surface area contributed by atoms with Crippen LogP contribution in [0.25, 0.3) is 82.4 Å². The predicted octanol–water partition coefficient (Wildman–Crippen LogP) is 15.0. The minimum absolute atomic E-state index is 1.10. The molecule has 1 aromatic heterocycles. The van der Waals surface area contributed by atoms with Gasteiger partial charge in [-0.15, -0.1) is 0 Å². The van der Waals surface area contributed by atoms with Crippen LogP contribution >= 0.6 is 0 Å². The molecule has 0 bridgehead atoms. The van der Waals surface area contributed by atoms with Crippen LogP contribution in [0.15, 0.2) is 218 Å². The molecule has 0 unspecified atom stereocenters. The minimum atomic E-state index is 1.10. The van der Waals surface area contributed by atoms with Gasteiger partial charge in [-0.2, -0.15) is 0 Å². The second kappa shape index (κ2) is 13.2. The lowest BCUT2D eigenvalue weighted by molar-refractivity contribution is 1.18. The van der Waals surface area contributed by atoms with Gasteiger partial charge >= 0.3 is 0 Å². The summed E-state index contributed by atoms with van der Waals surface area (Å²) in [6.07, 6.45) is 0. The molecular weight excluding hydrogens is 677 g/mol. The summed E-state index contributed by atoms with van der Waals surface area (Å²) >= 11 is 0. The van der Waals surface area contributed by atoms with E-state index in [1.807, 2.05) is 0 Å². The van der Waals surface area contributed by atoms with Crippen LogP contribution < -0.4 is 4.90 Å². The smallest absolute Gasteiger partial charge is 0.0547 e. The normalized spacial score (nSPS) is 11.6. The molecule has 0 amide bonds. The Labute approximate surface area is 326 Å². The summed E-state index contributed by atoms with van der Waals surface area (Å²) in [5.41, 5.74) is 14.1. The van der Waals surface area contributed by atoms with Gasteiger partial charge in [0.2, 0.25) is 0 Å². The lowest BCUT2D eigenvalue weighted by Crippen LogP contribution is -2.10. The highest BCUT2D eigenvalue weighted by atomic mass is 15.1. The van der Waals surface area contributed by atoms with E-state index in [9.17, 15) is 0 Å². The lowest BCUT2D eigenvalue weighted by Gasteiger charge is -2.26. The molecular formula is C54H36N2. The van der Waals surface area contributed by atoms with Gasteiger partial charge in [0.1, 0.15) is 0 Å². The predicted molar refractivity (Wildman–Crippen MR) is 238 cm³/mol. The van der Waals surface area contributed by atoms with Crippen molar-refractivity contribution in [2.75, 3.05) is 4.90 Å². The fourth-order valence-corrected chi connectivity index (χ4v) is 8.69. The molecule has 262 valence electrons. The number of hydrogen-bond acceptors (Lipinski definition) is 1. The first-order valence-electron chi connectivity index (χ1n) is 19.3. The molecule has 0 spiro atoms. The monoisotopic (exact) mass is 712 g/mol. The molecule has 0 atom stereocenters. The van der Waals surface area contributed by atoms with Gasteiger partial charge in [-0.3, -0.25) is 0 Å². The van der Waals surface area contributed by atoms with E-state index in [2.05, 4.69) is 228 Å². The van der Waals surface area contributed by atoms with Gasteiger partial charge in [-0.1, -0.05) is 158 Å². The van der Waals surface area contributed by atoms with Crippen molar-refractivity contribution in [1.82, 2.24) is 4.57 Å². The molecule has 11 aromatic rings. The molecule has 1 heterocycles. The number of nitrogens with zero attached hydrogens (tertiary/aromatic N) is 2. The molecule has 0 aliphatic rings. The molecule has 0 saturated heterocycles. The summed E-state index contributed by atoms with van der Waals surface area (Å²) < 4.78 is 2.43. The van der Waals surface area contributed by atoms with Crippen LogP contribution in [0.2, 0.25) is 0 Å². The van der Waals surface area contributed by atoms with Crippen molar-refractivity contribution in [2.45, 2.75) is 0 Å². The number of fused-ring (bicyclic) bond motifs is 1. The Kier molecular flexibility index (Phi) is 7.53. The number of hydrogen-bond donors (Lipinski definition) is 0. The molecule has 0 aliphatic heterocycles. The first-order chi connectivity index (χ1) is 27.8. The van der Waals surface area contributed by atoms with E-state index in [0.29, 0.717) is 0 Å². The van der Waals surface area contributed by atoms with Gasteiger partial charge in [-0.05, 0) is 116 Å². The Bertz CT molecular complexity index is 3100. The zero-order valence-corrected chi connectivity index (χ0v) is 30.7. The van der Waals surface area contributed by atoms with Crippen molar-refractivity contribution < 1.29 is 0 Å². The first-order valence-corrected chi connectivity index (χ1v) is 19.3. The number of rotatable bonds is 7. The van der Waals surface area contributed by atoms with Crippen molar-refractivity contribution in [1.29, 1.82) is 0 Å². The summed E-state index contributed by atoms with van der Waals surface area (Å²) in [5, 5.41) is 7.71. The maximum absolute atomic E-state index is 2.43. The summed E-state index contributed by atoms with van der Waals surface area (Å²) in [4.78, 5) is 2.37. The summed E-state index contributed by atoms with van der Waals surface area (Å²) in [6.45, 7) is 0. The Morgan fingerprint density at radius 3 is 1.54 bits per heavy atom. The highest BCUT2D eigenvalue weighted by Gasteiger charge is 2.18. The van der Waals surface area contributed by atoms with E-state index in [1.165, 1.54) is 71.2 Å². The Morgan fingerprint density at radius 2 is 0.821 bits per heavy atom. The van der Waals surface area contributed by atoms with Crippen molar-refractivity contribution >= 4 is 60.4 Å². The highest BCUT2D eigenvalue weighted by molar-refractivity contribution is 6.24. The standard InChI is InChI=1S/C54H36N2/c1-2-11-37(12-3-1)38-27-31-45(32-28-38)55(46-33-29-40(30-34-46)50-22-8-14-39-13-4-5-21-49(39)50)47-19-6-17-43(35-47)44-18-7-20-48(36-44)56-51-23-9-15-41-25-26-42-16-10-24-52(56)54(42)53(41)51/h1-36H. The summed E-state index contributed by atoms with van der Waals surface area (Å²) in [7, 11) is 0. The Balaban J connectivity index is 1.02. The van der Waals surface area contributed by atoms with Gasteiger partial charge in [0.05, 0.1) is 11.0 Å². The van der Waals surface area contributed by atoms with Crippen LogP contribution in [0.4, 0.5) is 17.1 Å². The topological polar surface area (TPSA) is 8.17 Å². The molecule has 2 heteroatoms. The van der Waals surface area contributed by atoms with Gasteiger partial charge < -0.3 is 9.47 Å². The van der Waals surface area contributed by atoms with Gasteiger partial charge in [0, 0.05) is 33.5 Å². The minimum Gasteiger partial charge on any atom is -0.310 e. The molecule has 2 nitrogen and oxygen atoms in total. The average Bonchev–Trinajstić information content (AvgIpc) is 3.62. The fourth-order valence-electron chi connectivity index (χ4n) is 8.69. The molecule has 0 fully saturated rings. The lowest BCUT2D eigenvalue weighted by atomic mass is 9.98. The van der Waals surface area contributed by atoms with Crippen molar-refractivity contribution in [3.05, 3.63) is 218 Å². The van der Waals surface area contributed by atoms with E-state index in [-0.39, 0.29) is 0 Å². The molecule has 0 saturated carbocycles. The van der Waals surface area contributed by atoms with E-state index in [0.717, 1.165) is 28.3 Å². The summed E-state index contributed by atoms with van der Waals surface area (Å²) in [5.74, 6) is 0. The fraction of sp³-hybridized carbons (Fsp3) is 0. The third kappa shape index (κ3) is 5.34. The first kappa shape index (κ1) is 32.0. The molecule has 56 heavy (non-hydrogen) atoms. The quantitative estimate of drug-likeness (QED) is 0.149. The van der Waals surface area contributed by atoms with Crippen LogP contribution in [-0.4, -0.2) is 4.57 Å². The van der Waals surface area contributed by atoms with Crippen molar-refractivity contribution in [3.63, 3.8) is 0 Å². The number of benzene rings is 10. The molecule has 10 aromatic carbocycles. The zero-order valence-electron chi connectivity index (χ0n) is 30.7. The Morgan fingerprint density at radius 1 is 0.304 bits per heavy atom. The Hall–Kier alpha value is -7.42. The van der Waals surface area contributed by atoms with Crippen LogP contribution in [-0.2, 0) is 0 Å². The number of aromatic nitrogens is 1. The molecule has 11 rings (SSSR count). The van der Waals surface area contributed by atoms with Crippen molar-refractivity contribution in [3.8, 4) is 39.1 Å². The third-order valence-corrected chi connectivity index (χ3v) is 11.3. The van der Waals surface area contributed by atoms with Crippen LogP contribution in [0.5, 0.6) is 0 Å². The average molecular weight is 713 g/mol. The second-order valence-electron chi connectivity index (χ2n) is 14.6. The van der Waals surface area contributed by atoms with Gasteiger partial charge in [0.25, 0.3) is 0 Å². The highest BCUT2D eigenvalue weighted by Crippen LogP contribution is 2.41. The maximum atomic E-state index is 2.43.